The van der Waals surface area contributed by atoms with Crippen molar-refractivity contribution in [3.05, 3.63) is 81.3 Å². The van der Waals surface area contributed by atoms with Gasteiger partial charge in [-0.3, -0.25) is 24.6 Å². The third kappa shape index (κ3) is 10.0. The average Bonchev–Trinajstić information content (AvgIpc) is 3.00. The lowest BCUT2D eigenvalue weighted by Gasteiger charge is -2.32. The Labute approximate surface area is 284 Å². The fourth-order valence-corrected chi connectivity index (χ4v) is 7.07. The van der Waals surface area contributed by atoms with E-state index < -0.39 is 5.60 Å². The molecule has 4 aromatic rings. The molecule has 2 aromatic heterocycles. The summed E-state index contributed by atoms with van der Waals surface area (Å²) in [7, 11) is 0. The number of benzene rings is 2. The van der Waals surface area contributed by atoms with Crippen molar-refractivity contribution in [1.29, 1.82) is 0 Å². The number of carbonyl (C=O) groups is 1. The summed E-state index contributed by atoms with van der Waals surface area (Å²) in [5.41, 5.74) is 8.22. The van der Waals surface area contributed by atoms with Crippen molar-refractivity contribution < 1.29 is 9.53 Å². The van der Waals surface area contributed by atoms with Gasteiger partial charge in [0.1, 0.15) is 5.60 Å². The molecule has 0 aliphatic carbocycles. The highest BCUT2D eigenvalue weighted by Gasteiger charge is 2.24. The van der Waals surface area contributed by atoms with E-state index in [-0.39, 0.29) is 5.97 Å². The minimum atomic E-state index is -0.391. The minimum Gasteiger partial charge on any atom is -0.460 e. The molecule has 2 fully saturated rings. The highest BCUT2D eigenvalue weighted by molar-refractivity contribution is 9.11. The Bertz CT molecular complexity index is 1590. The van der Waals surface area contributed by atoms with Gasteiger partial charge >= 0.3 is 5.97 Å². The van der Waals surface area contributed by atoms with Gasteiger partial charge in [0, 0.05) is 70.1 Å². The molecule has 2 aromatic carbocycles. The molecule has 2 N–H and O–H groups in total. The van der Waals surface area contributed by atoms with Crippen LogP contribution in [0, 0.1) is 5.92 Å². The van der Waals surface area contributed by atoms with E-state index >= 15 is 0 Å². The summed E-state index contributed by atoms with van der Waals surface area (Å²) in [5, 5.41) is 4.77. The van der Waals surface area contributed by atoms with E-state index in [1.54, 1.807) is 0 Å². The zero-order valence-corrected chi connectivity index (χ0v) is 29.8. The Kier molecular flexibility index (Phi) is 11.6. The van der Waals surface area contributed by atoms with Crippen LogP contribution in [-0.2, 0) is 22.6 Å². The molecule has 0 spiro atoms. The maximum atomic E-state index is 12.0. The van der Waals surface area contributed by atoms with Crippen LogP contribution in [0.2, 0.25) is 0 Å². The SMILES string of the molecule is CC(C)(C)OC(=O)CC1CCN(Cc2ccc3cncc(Br)c3c2)CC1.NC1CCN(Cc2ccc3cncc(Br)c3c2)CC1. The Morgan fingerprint density at radius 1 is 0.800 bits per heavy atom. The minimum absolute atomic E-state index is 0.0658. The lowest BCUT2D eigenvalue weighted by molar-refractivity contribution is -0.156. The van der Waals surface area contributed by atoms with E-state index in [2.05, 4.69) is 88.0 Å². The fourth-order valence-electron chi connectivity index (χ4n) is 6.14. The number of likely N-dealkylation sites (tertiary alicyclic amines) is 2. The van der Waals surface area contributed by atoms with Gasteiger partial charge in [0.05, 0.1) is 0 Å². The number of carbonyl (C=O) groups excluding carboxylic acids is 1. The fraction of sp³-hybridized carbons (Fsp3) is 0.472. The molecule has 2 saturated heterocycles. The smallest absolute Gasteiger partial charge is 0.306 e. The summed E-state index contributed by atoms with van der Waals surface area (Å²) >= 11 is 7.16. The Balaban J connectivity index is 0.000000186. The van der Waals surface area contributed by atoms with Crippen LogP contribution in [0.3, 0.4) is 0 Å². The van der Waals surface area contributed by atoms with Crippen LogP contribution in [-0.4, -0.2) is 63.6 Å². The molecule has 0 saturated carbocycles. The molecular weight excluding hydrogens is 694 g/mol. The summed E-state index contributed by atoms with van der Waals surface area (Å²) in [5.74, 6) is 0.377. The number of pyridine rings is 2. The molecular formula is C36H45Br2N5O2. The zero-order valence-electron chi connectivity index (χ0n) is 26.6. The zero-order chi connectivity index (χ0) is 32.0. The summed E-state index contributed by atoms with van der Waals surface area (Å²) in [6, 6.07) is 13.6. The lowest BCUT2D eigenvalue weighted by atomic mass is 9.93. The van der Waals surface area contributed by atoms with Gasteiger partial charge in [0.15, 0.2) is 0 Å². The van der Waals surface area contributed by atoms with Crippen LogP contribution in [0.15, 0.2) is 70.1 Å². The van der Waals surface area contributed by atoms with E-state index in [4.69, 9.17) is 10.5 Å². The molecule has 0 bridgehead atoms. The van der Waals surface area contributed by atoms with E-state index in [1.807, 2.05) is 45.6 Å². The van der Waals surface area contributed by atoms with Crippen molar-refractivity contribution in [2.24, 2.45) is 11.7 Å². The Morgan fingerprint density at radius 2 is 1.27 bits per heavy atom. The first-order valence-electron chi connectivity index (χ1n) is 16.0. The normalized spacial score (nSPS) is 17.3. The van der Waals surface area contributed by atoms with Crippen LogP contribution in [0.5, 0.6) is 0 Å². The first-order chi connectivity index (χ1) is 21.5. The summed E-state index contributed by atoms with van der Waals surface area (Å²) in [4.78, 5) is 25.4. The molecule has 6 rings (SSSR count). The Hall–Kier alpha value is -2.43. The van der Waals surface area contributed by atoms with Gasteiger partial charge in [0.2, 0.25) is 0 Å². The van der Waals surface area contributed by atoms with Crippen molar-refractivity contribution in [3.63, 3.8) is 0 Å². The van der Waals surface area contributed by atoms with Crippen LogP contribution in [0.25, 0.3) is 21.5 Å². The van der Waals surface area contributed by atoms with E-state index in [0.717, 1.165) is 79.3 Å². The molecule has 2 aliphatic rings. The number of nitrogens with zero attached hydrogens (tertiary/aromatic N) is 4. The van der Waals surface area contributed by atoms with Gasteiger partial charge in [0.25, 0.3) is 0 Å². The van der Waals surface area contributed by atoms with E-state index in [1.165, 1.54) is 27.3 Å². The number of nitrogens with two attached hydrogens (primary N) is 1. The molecule has 45 heavy (non-hydrogen) atoms. The number of aromatic nitrogens is 2. The highest BCUT2D eigenvalue weighted by atomic mass is 79.9. The molecule has 2 aliphatic heterocycles. The van der Waals surface area contributed by atoms with Gasteiger partial charge in [-0.1, -0.05) is 24.3 Å². The number of hydrogen-bond acceptors (Lipinski definition) is 7. The maximum Gasteiger partial charge on any atom is 0.306 e. The van der Waals surface area contributed by atoms with Crippen LogP contribution in [0.1, 0.15) is 64.0 Å². The quantitative estimate of drug-likeness (QED) is 0.202. The topological polar surface area (TPSA) is 84.6 Å². The molecule has 9 heteroatoms. The second kappa shape index (κ2) is 15.4. The molecule has 0 radical (unpaired) electrons. The third-order valence-corrected chi connectivity index (χ3v) is 9.84. The van der Waals surface area contributed by atoms with E-state index in [9.17, 15) is 4.79 Å². The molecule has 7 nitrogen and oxygen atoms in total. The molecule has 4 heterocycles. The number of esters is 1. The monoisotopic (exact) mass is 737 g/mol. The van der Waals surface area contributed by atoms with Crippen LogP contribution >= 0.6 is 31.9 Å². The molecule has 0 amide bonds. The largest absolute Gasteiger partial charge is 0.460 e. The third-order valence-electron chi connectivity index (χ3n) is 8.58. The van der Waals surface area contributed by atoms with Crippen molar-refractivity contribution in [3.8, 4) is 0 Å². The van der Waals surface area contributed by atoms with Crippen LogP contribution < -0.4 is 5.73 Å². The number of piperidine rings is 2. The van der Waals surface area contributed by atoms with Crippen molar-refractivity contribution in [2.75, 3.05) is 26.2 Å². The summed E-state index contributed by atoms with van der Waals surface area (Å²) < 4.78 is 7.55. The lowest BCUT2D eigenvalue weighted by Crippen LogP contribution is -2.39. The van der Waals surface area contributed by atoms with Gasteiger partial charge in [-0.2, -0.15) is 0 Å². The van der Waals surface area contributed by atoms with Gasteiger partial charge in [-0.25, -0.2) is 0 Å². The molecule has 240 valence electrons. The second-order valence-corrected chi connectivity index (χ2v) is 15.2. The van der Waals surface area contributed by atoms with E-state index in [0.29, 0.717) is 18.4 Å². The van der Waals surface area contributed by atoms with Gasteiger partial charge < -0.3 is 10.5 Å². The summed E-state index contributed by atoms with van der Waals surface area (Å²) in [6.07, 6.45) is 12.4. The van der Waals surface area contributed by atoms with Crippen molar-refractivity contribution in [1.82, 2.24) is 19.8 Å². The standard InChI is InChI=1S/C21H27BrN2O2.C15H18BrN3/c1-21(2,3)26-20(25)11-15-6-8-24(9-7-15)14-16-4-5-17-12-23-13-19(22)18(17)10-16;16-15-9-18-8-12-2-1-11(7-14(12)15)10-19-5-3-13(17)4-6-19/h4-5,10,12-13,15H,6-9,11,14H2,1-3H3;1-2,7-9,13H,3-6,10,17H2. The van der Waals surface area contributed by atoms with Gasteiger partial charge in [-0.15, -0.1) is 0 Å². The Morgan fingerprint density at radius 3 is 1.73 bits per heavy atom. The number of halogens is 2. The number of ether oxygens (including phenoxy) is 1. The molecule has 0 unspecified atom stereocenters. The predicted octanol–water partition coefficient (Wildman–Crippen LogP) is 7.86. The average molecular weight is 740 g/mol. The number of fused-ring (bicyclic) bond motifs is 2. The van der Waals surface area contributed by atoms with Crippen molar-refractivity contribution >= 4 is 59.4 Å². The van der Waals surface area contributed by atoms with Gasteiger partial charge in [-0.05, 0) is 144 Å². The predicted molar refractivity (Wildman–Crippen MR) is 190 cm³/mol. The highest BCUT2D eigenvalue weighted by Crippen LogP contribution is 2.27. The first kappa shape index (κ1) is 33.9. The van der Waals surface area contributed by atoms with Crippen molar-refractivity contribution in [2.45, 2.75) is 77.6 Å². The van der Waals surface area contributed by atoms with Crippen LogP contribution in [0.4, 0.5) is 0 Å². The summed E-state index contributed by atoms with van der Waals surface area (Å²) in [6.45, 7) is 12.0. The first-order valence-corrected chi connectivity index (χ1v) is 17.6. The number of hydrogen-bond donors (Lipinski definition) is 1. The second-order valence-electron chi connectivity index (χ2n) is 13.5. The molecule has 0 atom stereocenters. The maximum absolute atomic E-state index is 12.0. The number of rotatable bonds is 6.